The summed E-state index contributed by atoms with van der Waals surface area (Å²) in [6.45, 7) is 5.30. The molecule has 0 radical (unpaired) electrons. The maximum absolute atomic E-state index is 10.8. The van der Waals surface area contributed by atoms with Crippen LogP contribution in [0.4, 0.5) is 0 Å². The Balaban J connectivity index is 1.84. The highest BCUT2D eigenvalue weighted by molar-refractivity contribution is 7.09. The fraction of sp³-hybridized carbons (Fsp3) is 0.733. The third-order valence-electron chi connectivity index (χ3n) is 4.09. The molecule has 1 fully saturated rings. The average molecular weight is 311 g/mol. The van der Waals surface area contributed by atoms with Gasteiger partial charge in [0.15, 0.2) is 0 Å². The third-order valence-corrected chi connectivity index (χ3v) is 5.13. The van der Waals surface area contributed by atoms with Crippen molar-refractivity contribution in [2.75, 3.05) is 26.7 Å². The smallest absolute Gasteiger partial charge is 0.317 e. The van der Waals surface area contributed by atoms with Crippen molar-refractivity contribution in [3.05, 3.63) is 16.1 Å². The normalized spacial score (nSPS) is 20.6. The molecule has 1 aromatic heterocycles. The number of aryl methyl sites for hydroxylation is 1. The van der Waals surface area contributed by atoms with Crippen molar-refractivity contribution < 1.29 is 9.90 Å². The first kappa shape index (κ1) is 16.4. The third kappa shape index (κ3) is 5.05. The number of hydrogen-bond acceptors (Lipinski definition) is 5. The van der Waals surface area contributed by atoms with Crippen molar-refractivity contribution in [2.45, 2.75) is 45.2 Å². The number of hydrogen-bond donors (Lipinski definition) is 1. The Labute approximate surface area is 130 Å². The molecule has 1 unspecified atom stereocenters. The fourth-order valence-corrected chi connectivity index (χ4v) is 3.63. The van der Waals surface area contributed by atoms with E-state index in [9.17, 15) is 4.79 Å². The van der Waals surface area contributed by atoms with Crippen LogP contribution in [0.3, 0.4) is 0 Å². The lowest BCUT2D eigenvalue weighted by Gasteiger charge is -2.25. The first-order chi connectivity index (χ1) is 10.1. The number of thiazole rings is 1. The zero-order valence-electron chi connectivity index (χ0n) is 12.9. The van der Waals surface area contributed by atoms with Gasteiger partial charge in [0.1, 0.15) is 0 Å². The second-order valence-corrected chi connectivity index (χ2v) is 6.70. The van der Waals surface area contributed by atoms with Gasteiger partial charge >= 0.3 is 5.97 Å². The van der Waals surface area contributed by atoms with Crippen LogP contribution in [0.2, 0.25) is 0 Å². The molecule has 1 atom stereocenters. The van der Waals surface area contributed by atoms with Gasteiger partial charge in [-0.2, -0.15) is 0 Å². The number of aliphatic carboxylic acids is 1. The maximum Gasteiger partial charge on any atom is 0.317 e. The van der Waals surface area contributed by atoms with E-state index in [-0.39, 0.29) is 6.54 Å². The lowest BCUT2D eigenvalue weighted by molar-refractivity contribution is -0.138. The standard InChI is InChI=1S/C15H25N3O2S/c1-3-14-16-12(11-21-14)9-18-7-4-5-13(6-8-18)17(2)10-15(19)20/h11,13H,3-10H2,1-2H3,(H,19,20). The molecular formula is C15H25N3O2S. The highest BCUT2D eigenvalue weighted by Crippen LogP contribution is 2.18. The summed E-state index contributed by atoms with van der Waals surface area (Å²) in [6.07, 6.45) is 4.25. The first-order valence-corrected chi connectivity index (χ1v) is 8.54. The largest absolute Gasteiger partial charge is 0.480 e. The number of likely N-dealkylation sites (N-methyl/N-ethyl adjacent to an activating group) is 1. The molecule has 0 aromatic carbocycles. The van der Waals surface area contributed by atoms with Gasteiger partial charge in [-0.05, 0) is 39.3 Å². The number of aromatic nitrogens is 1. The summed E-state index contributed by atoms with van der Waals surface area (Å²) in [5.41, 5.74) is 1.18. The number of carboxylic acids is 1. The molecule has 21 heavy (non-hydrogen) atoms. The Bertz CT molecular complexity index is 464. The lowest BCUT2D eigenvalue weighted by Crippen LogP contribution is -2.36. The van der Waals surface area contributed by atoms with E-state index >= 15 is 0 Å². The van der Waals surface area contributed by atoms with Crippen LogP contribution < -0.4 is 0 Å². The highest BCUT2D eigenvalue weighted by atomic mass is 32.1. The Kier molecular flexibility index (Phi) is 6.14. The van der Waals surface area contributed by atoms with Gasteiger partial charge in [0, 0.05) is 24.5 Å². The van der Waals surface area contributed by atoms with Gasteiger partial charge in [0.2, 0.25) is 0 Å². The fourth-order valence-electron chi connectivity index (χ4n) is 2.89. The van der Waals surface area contributed by atoms with Crippen LogP contribution in [-0.4, -0.2) is 58.6 Å². The summed E-state index contributed by atoms with van der Waals surface area (Å²) in [6, 6.07) is 0.382. The van der Waals surface area contributed by atoms with E-state index in [0.717, 1.165) is 45.3 Å². The van der Waals surface area contributed by atoms with Crippen LogP contribution in [0.25, 0.3) is 0 Å². The minimum Gasteiger partial charge on any atom is -0.480 e. The van der Waals surface area contributed by atoms with Gasteiger partial charge in [-0.25, -0.2) is 4.98 Å². The quantitative estimate of drug-likeness (QED) is 0.871. The molecule has 6 heteroatoms. The number of rotatable bonds is 6. The van der Waals surface area contributed by atoms with Crippen molar-refractivity contribution in [3.8, 4) is 0 Å². The van der Waals surface area contributed by atoms with Crippen molar-refractivity contribution in [3.63, 3.8) is 0 Å². The molecule has 0 spiro atoms. The van der Waals surface area contributed by atoms with Crippen molar-refractivity contribution in [1.82, 2.24) is 14.8 Å². The van der Waals surface area contributed by atoms with Gasteiger partial charge in [-0.15, -0.1) is 11.3 Å². The first-order valence-electron chi connectivity index (χ1n) is 7.66. The Morgan fingerprint density at radius 3 is 3.00 bits per heavy atom. The zero-order chi connectivity index (χ0) is 15.2. The lowest BCUT2D eigenvalue weighted by atomic mass is 10.1. The number of nitrogens with zero attached hydrogens (tertiary/aromatic N) is 3. The molecule has 0 saturated carbocycles. The van der Waals surface area contributed by atoms with Gasteiger partial charge in [0.05, 0.1) is 17.2 Å². The van der Waals surface area contributed by atoms with E-state index in [1.807, 2.05) is 11.9 Å². The molecule has 1 saturated heterocycles. The van der Waals surface area contributed by atoms with Gasteiger partial charge in [-0.1, -0.05) is 6.92 Å². The molecule has 2 heterocycles. The molecular weight excluding hydrogens is 286 g/mol. The summed E-state index contributed by atoms with van der Waals surface area (Å²) in [7, 11) is 1.92. The summed E-state index contributed by atoms with van der Waals surface area (Å²) in [5.74, 6) is -0.742. The van der Waals surface area contributed by atoms with Crippen LogP contribution in [0, 0.1) is 0 Å². The number of carboxylic acid groups (broad SMARTS) is 1. The van der Waals surface area contributed by atoms with Crippen molar-refractivity contribution in [1.29, 1.82) is 0 Å². The van der Waals surface area contributed by atoms with Crippen LogP contribution in [0.1, 0.15) is 36.9 Å². The van der Waals surface area contributed by atoms with Crippen molar-refractivity contribution in [2.24, 2.45) is 0 Å². The van der Waals surface area contributed by atoms with E-state index in [2.05, 4.69) is 22.2 Å². The summed E-state index contributed by atoms with van der Waals surface area (Å²) >= 11 is 1.74. The molecule has 0 aliphatic carbocycles. The average Bonchev–Trinajstić information content (AvgIpc) is 2.75. The molecule has 118 valence electrons. The second-order valence-electron chi connectivity index (χ2n) is 5.76. The minimum absolute atomic E-state index is 0.136. The van der Waals surface area contributed by atoms with Crippen LogP contribution in [0.15, 0.2) is 5.38 Å². The molecule has 2 rings (SSSR count). The predicted molar refractivity (Wildman–Crippen MR) is 84.7 cm³/mol. The molecule has 1 aliphatic rings. The topological polar surface area (TPSA) is 56.7 Å². The van der Waals surface area contributed by atoms with Gasteiger partial charge in [0.25, 0.3) is 0 Å². The van der Waals surface area contributed by atoms with E-state index in [4.69, 9.17) is 5.11 Å². The van der Waals surface area contributed by atoms with E-state index in [1.165, 1.54) is 10.7 Å². The van der Waals surface area contributed by atoms with E-state index in [1.54, 1.807) is 11.3 Å². The van der Waals surface area contributed by atoms with Crippen LogP contribution >= 0.6 is 11.3 Å². The van der Waals surface area contributed by atoms with Crippen LogP contribution in [0.5, 0.6) is 0 Å². The van der Waals surface area contributed by atoms with E-state index < -0.39 is 5.97 Å². The molecule has 1 N–H and O–H groups in total. The van der Waals surface area contributed by atoms with E-state index in [0.29, 0.717) is 6.04 Å². The van der Waals surface area contributed by atoms with Crippen LogP contribution in [-0.2, 0) is 17.8 Å². The highest BCUT2D eigenvalue weighted by Gasteiger charge is 2.22. The van der Waals surface area contributed by atoms with Gasteiger partial charge < -0.3 is 5.11 Å². The molecule has 1 aliphatic heterocycles. The summed E-state index contributed by atoms with van der Waals surface area (Å²) in [5, 5.41) is 12.3. The zero-order valence-corrected chi connectivity index (χ0v) is 13.7. The van der Waals surface area contributed by atoms with Gasteiger partial charge in [-0.3, -0.25) is 14.6 Å². The molecule has 5 nitrogen and oxygen atoms in total. The number of carbonyl (C=O) groups is 1. The van der Waals surface area contributed by atoms with Crippen molar-refractivity contribution >= 4 is 17.3 Å². The molecule has 0 amide bonds. The SMILES string of the molecule is CCc1nc(CN2CCCC(N(C)CC(=O)O)CC2)cs1. The summed E-state index contributed by atoms with van der Waals surface area (Å²) in [4.78, 5) is 19.9. The maximum atomic E-state index is 10.8. The Hall–Kier alpha value is -0.980. The summed E-state index contributed by atoms with van der Waals surface area (Å²) < 4.78 is 0. The minimum atomic E-state index is -0.742. The Morgan fingerprint density at radius 2 is 2.33 bits per heavy atom. The number of likely N-dealkylation sites (tertiary alicyclic amines) is 1. The Morgan fingerprint density at radius 1 is 1.52 bits per heavy atom. The molecule has 1 aromatic rings. The predicted octanol–water partition coefficient (Wildman–Crippen LogP) is 2.08. The second kappa shape index (κ2) is 7.87. The molecule has 0 bridgehead atoms. The monoisotopic (exact) mass is 311 g/mol.